The fourth-order valence-electron chi connectivity index (χ4n) is 3.36. The summed E-state index contributed by atoms with van der Waals surface area (Å²) in [5.74, 6) is 0.338. The van der Waals surface area contributed by atoms with Gasteiger partial charge in [-0.3, -0.25) is 10.1 Å². The van der Waals surface area contributed by atoms with Gasteiger partial charge in [0, 0.05) is 11.5 Å². The number of aromatic nitrogens is 4. The first kappa shape index (κ1) is 15.7. The molecule has 0 saturated heterocycles. The maximum absolute atomic E-state index is 12.4. The number of para-hydroxylation sites is 1. The number of hydrogen-bond acceptors (Lipinski definition) is 6. The van der Waals surface area contributed by atoms with Gasteiger partial charge in [0.05, 0.1) is 11.2 Å². The molecule has 1 aromatic carbocycles. The maximum atomic E-state index is 12.4. The predicted molar refractivity (Wildman–Crippen MR) is 92.4 cm³/mol. The average molecular weight is 337 g/mol. The minimum absolute atomic E-state index is 0.00807. The van der Waals surface area contributed by atoms with E-state index >= 15 is 0 Å². The van der Waals surface area contributed by atoms with E-state index in [9.17, 15) is 4.79 Å². The SMILES string of the molecule is Cc1c(C2CCCCC2)noc1NC(=O)c1nnc2ccccc2n1. The van der Waals surface area contributed by atoms with Crippen LogP contribution in [0.3, 0.4) is 0 Å². The first-order valence-electron chi connectivity index (χ1n) is 8.59. The van der Waals surface area contributed by atoms with Gasteiger partial charge in [0.2, 0.25) is 11.7 Å². The molecule has 0 bridgehead atoms. The van der Waals surface area contributed by atoms with Crippen molar-refractivity contribution < 1.29 is 9.32 Å². The molecule has 2 aromatic heterocycles. The van der Waals surface area contributed by atoms with Crippen molar-refractivity contribution in [2.75, 3.05) is 5.32 Å². The highest BCUT2D eigenvalue weighted by Crippen LogP contribution is 2.35. The second kappa shape index (κ2) is 6.58. The zero-order valence-electron chi connectivity index (χ0n) is 14.0. The molecule has 0 atom stereocenters. The number of nitrogens with zero attached hydrogens (tertiary/aromatic N) is 4. The van der Waals surface area contributed by atoms with E-state index in [1.165, 1.54) is 19.3 Å². The van der Waals surface area contributed by atoms with Gasteiger partial charge in [-0.05, 0) is 31.9 Å². The average Bonchev–Trinajstić information content (AvgIpc) is 3.02. The van der Waals surface area contributed by atoms with Gasteiger partial charge in [0.1, 0.15) is 5.52 Å². The van der Waals surface area contributed by atoms with Crippen LogP contribution in [-0.4, -0.2) is 26.2 Å². The number of carbonyl (C=O) groups is 1. The first-order chi connectivity index (χ1) is 12.2. The highest BCUT2D eigenvalue weighted by atomic mass is 16.5. The van der Waals surface area contributed by atoms with E-state index in [2.05, 4.69) is 25.7 Å². The lowest BCUT2D eigenvalue weighted by Gasteiger charge is -2.19. The van der Waals surface area contributed by atoms with Crippen molar-refractivity contribution in [3.8, 4) is 0 Å². The number of anilines is 1. The summed E-state index contributed by atoms with van der Waals surface area (Å²) in [5, 5.41) is 14.8. The Morgan fingerprint density at radius 2 is 1.88 bits per heavy atom. The highest BCUT2D eigenvalue weighted by Gasteiger charge is 2.24. The second-order valence-corrected chi connectivity index (χ2v) is 6.44. The molecule has 4 rings (SSSR count). The lowest BCUT2D eigenvalue weighted by molar-refractivity contribution is 0.101. The smallest absolute Gasteiger partial charge is 0.297 e. The Morgan fingerprint density at radius 3 is 2.68 bits per heavy atom. The Bertz CT molecular complexity index is 915. The minimum atomic E-state index is -0.451. The molecule has 3 aromatic rings. The molecule has 1 aliphatic carbocycles. The third-order valence-electron chi connectivity index (χ3n) is 4.74. The van der Waals surface area contributed by atoms with Crippen LogP contribution in [0.1, 0.15) is 59.9 Å². The van der Waals surface area contributed by atoms with Crippen LogP contribution in [0.2, 0.25) is 0 Å². The van der Waals surface area contributed by atoms with Crippen LogP contribution in [0.5, 0.6) is 0 Å². The van der Waals surface area contributed by atoms with Gasteiger partial charge in [-0.25, -0.2) is 4.98 Å². The number of carbonyl (C=O) groups excluding carboxylic acids is 1. The molecule has 2 heterocycles. The van der Waals surface area contributed by atoms with Gasteiger partial charge in [-0.2, -0.15) is 0 Å². The van der Waals surface area contributed by atoms with Crippen LogP contribution in [0.4, 0.5) is 5.88 Å². The molecule has 0 radical (unpaired) electrons. The van der Waals surface area contributed by atoms with E-state index in [0.29, 0.717) is 22.8 Å². The minimum Gasteiger partial charge on any atom is -0.338 e. The summed E-state index contributed by atoms with van der Waals surface area (Å²) in [6.07, 6.45) is 5.96. The zero-order chi connectivity index (χ0) is 17.2. The fourth-order valence-corrected chi connectivity index (χ4v) is 3.36. The van der Waals surface area contributed by atoms with E-state index < -0.39 is 5.91 Å². The van der Waals surface area contributed by atoms with E-state index in [-0.39, 0.29) is 5.82 Å². The van der Waals surface area contributed by atoms with Crippen LogP contribution in [-0.2, 0) is 0 Å². The summed E-state index contributed by atoms with van der Waals surface area (Å²) in [6.45, 7) is 1.93. The Kier molecular flexibility index (Phi) is 4.13. The quantitative estimate of drug-likeness (QED) is 0.784. The van der Waals surface area contributed by atoms with E-state index in [1.807, 2.05) is 19.1 Å². The van der Waals surface area contributed by atoms with E-state index in [0.717, 1.165) is 24.1 Å². The van der Waals surface area contributed by atoms with Crippen LogP contribution in [0, 0.1) is 6.92 Å². The molecule has 0 aliphatic heterocycles. The molecule has 7 heteroatoms. The van der Waals surface area contributed by atoms with Crippen LogP contribution < -0.4 is 5.32 Å². The number of benzene rings is 1. The highest BCUT2D eigenvalue weighted by molar-refractivity contribution is 6.01. The maximum Gasteiger partial charge on any atom is 0.297 e. The Balaban J connectivity index is 1.54. The van der Waals surface area contributed by atoms with Gasteiger partial charge < -0.3 is 4.52 Å². The summed E-state index contributed by atoms with van der Waals surface area (Å²) in [7, 11) is 0. The molecule has 0 spiro atoms. The van der Waals surface area contributed by atoms with Crippen molar-refractivity contribution in [2.24, 2.45) is 0 Å². The van der Waals surface area contributed by atoms with Gasteiger partial charge in [-0.1, -0.05) is 36.6 Å². The van der Waals surface area contributed by atoms with Gasteiger partial charge in [0.25, 0.3) is 5.91 Å². The lowest BCUT2D eigenvalue weighted by Crippen LogP contribution is -2.16. The Labute approximate surface area is 144 Å². The molecular weight excluding hydrogens is 318 g/mol. The summed E-state index contributed by atoms with van der Waals surface area (Å²) < 4.78 is 5.37. The van der Waals surface area contributed by atoms with Crippen LogP contribution in [0.25, 0.3) is 11.0 Å². The van der Waals surface area contributed by atoms with Crippen molar-refractivity contribution in [3.63, 3.8) is 0 Å². The van der Waals surface area contributed by atoms with Crippen molar-refractivity contribution in [1.29, 1.82) is 0 Å². The number of nitrogens with one attached hydrogen (secondary N) is 1. The number of hydrogen-bond donors (Lipinski definition) is 1. The first-order valence-corrected chi connectivity index (χ1v) is 8.59. The Morgan fingerprint density at radius 1 is 1.12 bits per heavy atom. The molecule has 128 valence electrons. The van der Waals surface area contributed by atoms with Gasteiger partial charge in [-0.15, -0.1) is 10.2 Å². The lowest BCUT2D eigenvalue weighted by atomic mass is 9.86. The number of amides is 1. The zero-order valence-corrected chi connectivity index (χ0v) is 14.0. The second-order valence-electron chi connectivity index (χ2n) is 6.44. The molecule has 1 aliphatic rings. The van der Waals surface area contributed by atoms with Gasteiger partial charge in [0.15, 0.2) is 0 Å². The molecule has 0 unspecified atom stereocenters. The van der Waals surface area contributed by atoms with Gasteiger partial charge >= 0.3 is 0 Å². The van der Waals surface area contributed by atoms with Crippen molar-refractivity contribution in [1.82, 2.24) is 20.3 Å². The van der Waals surface area contributed by atoms with Crippen molar-refractivity contribution in [2.45, 2.75) is 44.9 Å². The molecule has 7 nitrogen and oxygen atoms in total. The van der Waals surface area contributed by atoms with Crippen LogP contribution >= 0.6 is 0 Å². The third-order valence-corrected chi connectivity index (χ3v) is 4.74. The van der Waals surface area contributed by atoms with Crippen molar-refractivity contribution >= 4 is 22.8 Å². The molecular formula is C18H19N5O2. The Hall–Kier alpha value is -2.83. The summed E-state index contributed by atoms with van der Waals surface area (Å²) in [6, 6.07) is 7.29. The third kappa shape index (κ3) is 3.09. The molecule has 1 fully saturated rings. The fraction of sp³-hybridized carbons (Fsp3) is 0.389. The monoisotopic (exact) mass is 337 g/mol. The topological polar surface area (TPSA) is 93.8 Å². The summed E-state index contributed by atoms with van der Waals surface area (Å²) in [4.78, 5) is 16.7. The predicted octanol–water partition coefficient (Wildman–Crippen LogP) is 3.62. The summed E-state index contributed by atoms with van der Waals surface area (Å²) >= 11 is 0. The normalized spacial score (nSPS) is 15.4. The number of rotatable bonds is 3. The van der Waals surface area contributed by atoms with E-state index in [1.54, 1.807) is 12.1 Å². The molecule has 1 amide bonds. The van der Waals surface area contributed by atoms with Crippen LogP contribution in [0.15, 0.2) is 28.8 Å². The largest absolute Gasteiger partial charge is 0.338 e. The number of fused-ring (bicyclic) bond motifs is 1. The van der Waals surface area contributed by atoms with Crippen molar-refractivity contribution in [3.05, 3.63) is 41.3 Å². The summed E-state index contributed by atoms with van der Waals surface area (Å²) in [5.41, 5.74) is 3.11. The van der Waals surface area contributed by atoms with E-state index in [4.69, 9.17) is 4.52 Å². The molecule has 25 heavy (non-hydrogen) atoms. The standard InChI is InChI=1S/C18H19N5O2/c1-11-15(12-7-3-2-4-8-12)23-25-18(11)20-17(24)16-19-13-9-5-6-10-14(13)21-22-16/h5-6,9-10,12H,2-4,7-8H2,1H3,(H,20,24). The molecule has 1 saturated carbocycles. The molecule has 1 N–H and O–H groups in total.